The summed E-state index contributed by atoms with van der Waals surface area (Å²) in [5.74, 6) is 0.715. The Hall–Kier alpha value is -1.07. The monoisotopic (exact) mass is 299 g/mol. The van der Waals surface area contributed by atoms with Crippen LogP contribution < -0.4 is 10.5 Å². The van der Waals surface area contributed by atoms with Gasteiger partial charge in [-0.3, -0.25) is 4.79 Å². The van der Waals surface area contributed by atoms with Gasteiger partial charge in [-0.1, -0.05) is 12.8 Å². The summed E-state index contributed by atoms with van der Waals surface area (Å²) in [4.78, 5) is 14.2. The highest BCUT2D eigenvalue weighted by molar-refractivity contribution is 6.17. The van der Waals surface area contributed by atoms with E-state index in [2.05, 4.69) is 10.00 Å². The summed E-state index contributed by atoms with van der Waals surface area (Å²) in [5.41, 5.74) is 0.878. The molecule has 1 aliphatic heterocycles. The summed E-state index contributed by atoms with van der Waals surface area (Å²) in [7, 11) is 0. The van der Waals surface area contributed by atoms with Crippen LogP contribution in [0.1, 0.15) is 25.7 Å². The van der Waals surface area contributed by atoms with Gasteiger partial charge in [0.2, 0.25) is 0 Å². The zero-order chi connectivity index (χ0) is 14.2. The Balaban J connectivity index is 1.87. The van der Waals surface area contributed by atoms with Crippen molar-refractivity contribution in [3.8, 4) is 0 Å². The first-order chi connectivity index (χ1) is 9.81. The number of ether oxygens (including phenoxy) is 1. The second-order valence-electron chi connectivity index (χ2n) is 4.98. The van der Waals surface area contributed by atoms with Crippen LogP contribution in [0.5, 0.6) is 0 Å². The molecule has 20 heavy (non-hydrogen) atoms. The summed E-state index contributed by atoms with van der Waals surface area (Å²) in [5, 5.41) is 4.27. The van der Waals surface area contributed by atoms with Gasteiger partial charge >= 0.3 is 0 Å². The molecule has 0 atom stereocenters. The minimum Gasteiger partial charge on any atom is -0.378 e. The summed E-state index contributed by atoms with van der Waals surface area (Å²) >= 11 is 5.63. The molecule has 0 unspecified atom stereocenters. The number of aryl methyl sites for hydroxylation is 1. The van der Waals surface area contributed by atoms with Gasteiger partial charge < -0.3 is 9.64 Å². The van der Waals surface area contributed by atoms with Crippen LogP contribution in [0.15, 0.2) is 17.1 Å². The Morgan fingerprint density at radius 2 is 1.95 bits per heavy atom. The first kappa shape index (κ1) is 15.3. The Morgan fingerprint density at radius 1 is 1.20 bits per heavy atom. The van der Waals surface area contributed by atoms with Gasteiger partial charge in [-0.25, -0.2) is 4.68 Å². The van der Waals surface area contributed by atoms with E-state index < -0.39 is 0 Å². The highest BCUT2D eigenvalue weighted by Crippen LogP contribution is 2.11. The molecule has 0 N–H and O–H groups in total. The number of alkyl halides is 1. The highest BCUT2D eigenvalue weighted by atomic mass is 35.5. The van der Waals surface area contributed by atoms with Crippen molar-refractivity contribution >= 4 is 17.3 Å². The number of morpholine rings is 1. The molecule has 0 spiro atoms. The summed E-state index contributed by atoms with van der Waals surface area (Å²) in [6.07, 6.45) is 6.00. The minimum absolute atomic E-state index is 0.0219. The summed E-state index contributed by atoms with van der Waals surface area (Å²) < 4.78 is 6.85. The van der Waals surface area contributed by atoms with Crippen LogP contribution in [0, 0.1) is 0 Å². The van der Waals surface area contributed by atoms with E-state index in [0.29, 0.717) is 25.6 Å². The third kappa shape index (κ3) is 4.49. The quantitative estimate of drug-likeness (QED) is 0.570. The van der Waals surface area contributed by atoms with Crippen LogP contribution in [0.3, 0.4) is 0 Å². The minimum atomic E-state index is -0.0219. The van der Waals surface area contributed by atoms with Crippen LogP contribution in [-0.4, -0.2) is 42.0 Å². The van der Waals surface area contributed by atoms with E-state index >= 15 is 0 Å². The molecular formula is C14H22ClN3O2. The molecule has 1 aliphatic rings. The number of nitrogens with zero attached hydrogens (tertiary/aromatic N) is 3. The maximum Gasteiger partial charge on any atom is 0.268 e. The van der Waals surface area contributed by atoms with Gasteiger partial charge in [-0.05, 0) is 12.8 Å². The van der Waals surface area contributed by atoms with Crippen molar-refractivity contribution < 1.29 is 4.74 Å². The number of unbranched alkanes of at least 4 members (excludes halogenated alkanes) is 3. The van der Waals surface area contributed by atoms with Gasteiger partial charge in [0.25, 0.3) is 5.56 Å². The second kappa shape index (κ2) is 8.27. The van der Waals surface area contributed by atoms with E-state index in [0.717, 1.165) is 44.5 Å². The normalized spacial score (nSPS) is 15.6. The fourth-order valence-electron chi connectivity index (χ4n) is 2.30. The van der Waals surface area contributed by atoms with Crippen LogP contribution in [0.25, 0.3) is 0 Å². The lowest BCUT2D eigenvalue weighted by Gasteiger charge is -2.28. The molecule has 1 aromatic rings. The van der Waals surface area contributed by atoms with Crippen molar-refractivity contribution in [1.29, 1.82) is 0 Å². The lowest BCUT2D eigenvalue weighted by molar-refractivity contribution is 0.122. The van der Waals surface area contributed by atoms with Crippen molar-refractivity contribution in [2.45, 2.75) is 32.2 Å². The van der Waals surface area contributed by atoms with Crippen LogP contribution >= 0.6 is 11.6 Å². The standard InChI is InChI=1S/C14H22ClN3O2/c15-5-3-1-2-4-6-18-14(19)11-13(12-16-18)17-7-9-20-10-8-17/h11-12H,1-10H2. The number of rotatable bonds is 7. The molecule has 0 amide bonds. The predicted molar refractivity (Wildman–Crippen MR) is 80.7 cm³/mol. The van der Waals surface area contributed by atoms with E-state index in [1.807, 2.05) is 0 Å². The molecule has 0 radical (unpaired) electrons. The van der Waals surface area contributed by atoms with Gasteiger partial charge in [-0.15, -0.1) is 11.6 Å². The topological polar surface area (TPSA) is 47.4 Å². The van der Waals surface area contributed by atoms with Crippen LogP contribution in [-0.2, 0) is 11.3 Å². The van der Waals surface area contributed by atoms with Gasteiger partial charge in [0, 0.05) is 31.6 Å². The molecule has 6 heteroatoms. The summed E-state index contributed by atoms with van der Waals surface area (Å²) in [6, 6.07) is 1.68. The maximum atomic E-state index is 12.0. The highest BCUT2D eigenvalue weighted by Gasteiger charge is 2.12. The Labute approximate surface area is 124 Å². The number of halogens is 1. The Morgan fingerprint density at radius 3 is 2.65 bits per heavy atom. The van der Waals surface area contributed by atoms with Crippen molar-refractivity contribution in [3.63, 3.8) is 0 Å². The van der Waals surface area contributed by atoms with E-state index in [9.17, 15) is 4.79 Å². The smallest absolute Gasteiger partial charge is 0.268 e. The Bertz CT molecular complexity index is 458. The molecule has 0 aliphatic carbocycles. The largest absolute Gasteiger partial charge is 0.378 e. The zero-order valence-corrected chi connectivity index (χ0v) is 12.5. The van der Waals surface area contributed by atoms with Crippen LogP contribution in [0.2, 0.25) is 0 Å². The molecule has 112 valence electrons. The van der Waals surface area contributed by atoms with Gasteiger partial charge in [-0.2, -0.15) is 5.10 Å². The molecule has 1 saturated heterocycles. The third-order valence-corrected chi connectivity index (χ3v) is 3.75. The molecule has 1 fully saturated rings. The number of hydrogen-bond acceptors (Lipinski definition) is 4. The fourth-order valence-corrected chi connectivity index (χ4v) is 2.49. The third-order valence-electron chi connectivity index (χ3n) is 3.48. The maximum absolute atomic E-state index is 12.0. The van der Waals surface area contributed by atoms with Crippen molar-refractivity contribution in [2.24, 2.45) is 0 Å². The van der Waals surface area contributed by atoms with E-state index in [1.54, 1.807) is 16.9 Å². The molecule has 0 aromatic carbocycles. The average molecular weight is 300 g/mol. The lowest BCUT2D eigenvalue weighted by Crippen LogP contribution is -2.37. The molecule has 1 aromatic heterocycles. The number of aromatic nitrogens is 2. The van der Waals surface area contributed by atoms with Gasteiger partial charge in [0.15, 0.2) is 0 Å². The van der Waals surface area contributed by atoms with Gasteiger partial charge in [0.1, 0.15) is 0 Å². The van der Waals surface area contributed by atoms with E-state index in [-0.39, 0.29) is 5.56 Å². The zero-order valence-electron chi connectivity index (χ0n) is 11.8. The van der Waals surface area contributed by atoms with Crippen molar-refractivity contribution in [2.75, 3.05) is 37.1 Å². The van der Waals surface area contributed by atoms with Crippen LogP contribution in [0.4, 0.5) is 5.69 Å². The van der Waals surface area contributed by atoms with Gasteiger partial charge in [0.05, 0.1) is 25.1 Å². The predicted octanol–water partition coefficient (Wildman–Crippen LogP) is 1.88. The SMILES string of the molecule is O=c1cc(N2CCOCC2)cnn1CCCCCCCl. The van der Waals surface area contributed by atoms with Crippen molar-refractivity contribution in [3.05, 3.63) is 22.6 Å². The Kier molecular flexibility index (Phi) is 6.33. The summed E-state index contributed by atoms with van der Waals surface area (Å²) in [6.45, 7) is 3.75. The molecule has 2 rings (SSSR count). The average Bonchev–Trinajstić information content (AvgIpc) is 2.49. The van der Waals surface area contributed by atoms with E-state index in [1.165, 1.54) is 0 Å². The molecule has 2 heterocycles. The first-order valence-electron chi connectivity index (χ1n) is 7.27. The first-order valence-corrected chi connectivity index (χ1v) is 7.80. The number of hydrogen-bond donors (Lipinski definition) is 0. The fraction of sp³-hybridized carbons (Fsp3) is 0.714. The lowest BCUT2D eigenvalue weighted by atomic mass is 10.2. The molecule has 0 saturated carbocycles. The molecular weight excluding hydrogens is 278 g/mol. The van der Waals surface area contributed by atoms with Crippen molar-refractivity contribution in [1.82, 2.24) is 9.78 Å². The molecule has 5 nitrogen and oxygen atoms in total. The molecule has 0 bridgehead atoms. The van der Waals surface area contributed by atoms with E-state index in [4.69, 9.17) is 16.3 Å². The second-order valence-corrected chi connectivity index (χ2v) is 5.36. The number of anilines is 1.